The highest BCUT2D eigenvalue weighted by atomic mass is 127. The van der Waals surface area contributed by atoms with E-state index in [1.165, 1.54) is 10.5 Å². The van der Waals surface area contributed by atoms with Gasteiger partial charge in [0.1, 0.15) is 0 Å². The molecule has 0 aliphatic carbocycles. The largest absolute Gasteiger partial charge is 0.370 e. The molecule has 0 heterocycles. The maximum absolute atomic E-state index is 5.87. The molecule has 2 aromatic carbocycles. The molecule has 0 aliphatic rings. The predicted octanol–water partition coefficient (Wildman–Crippen LogP) is 4.79. The lowest BCUT2D eigenvalue weighted by Crippen LogP contribution is -2.23. The van der Waals surface area contributed by atoms with Gasteiger partial charge < -0.3 is 11.1 Å². The summed E-state index contributed by atoms with van der Waals surface area (Å²) in [6, 6.07) is 15.8. The summed E-state index contributed by atoms with van der Waals surface area (Å²) in [5.41, 5.74) is 8.01. The Hall–Kier alpha value is -0.920. The minimum absolute atomic E-state index is 0. The molecule has 3 N–H and O–H groups in total. The molecule has 0 spiro atoms. The Morgan fingerprint density at radius 2 is 1.95 bits per heavy atom. The van der Waals surface area contributed by atoms with E-state index in [2.05, 4.69) is 10.3 Å². The molecular weight excluding hydrogens is 429 g/mol. The van der Waals surface area contributed by atoms with E-state index in [-0.39, 0.29) is 24.0 Å². The molecule has 0 aliphatic heterocycles. The van der Waals surface area contributed by atoms with Crippen LogP contribution in [-0.2, 0) is 0 Å². The fourth-order valence-electron chi connectivity index (χ4n) is 1.77. The molecule has 3 nitrogen and oxygen atoms in total. The van der Waals surface area contributed by atoms with E-state index in [9.17, 15) is 0 Å². The van der Waals surface area contributed by atoms with Crippen molar-refractivity contribution in [3.05, 3.63) is 59.1 Å². The summed E-state index contributed by atoms with van der Waals surface area (Å²) >= 11 is 7.58. The van der Waals surface area contributed by atoms with E-state index in [0.717, 1.165) is 16.5 Å². The van der Waals surface area contributed by atoms with Gasteiger partial charge in [0.15, 0.2) is 5.96 Å². The average Bonchev–Trinajstić information content (AvgIpc) is 2.45. The van der Waals surface area contributed by atoms with E-state index >= 15 is 0 Å². The molecule has 0 fully saturated rings. The van der Waals surface area contributed by atoms with Crippen molar-refractivity contribution >= 4 is 59.0 Å². The third-order valence-corrected chi connectivity index (χ3v) is 3.99. The van der Waals surface area contributed by atoms with Gasteiger partial charge in [-0.2, -0.15) is 0 Å². The van der Waals surface area contributed by atoms with Gasteiger partial charge in [0.05, 0.1) is 6.54 Å². The fourth-order valence-corrected chi connectivity index (χ4v) is 2.64. The van der Waals surface area contributed by atoms with Crippen LogP contribution >= 0.6 is 47.3 Å². The van der Waals surface area contributed by atoms with Crippen LogP contribution in [0.5, 0.6) is 0 Å². The number of benzene rings is 2. The normalized spacial score (nSPS) is 10.9. The van der Waals surface area contributed by atoms with Crippen LogP contribution in [0, 0.1) is 6.92 Å². The van der Waals surface area contributed by atoms with Crippen molar-refractivity contribution in [1.82, 2.24) is 0 Å². The first-order valence-electron chi connectivity index (χ1n) is 6.65. The predicted molar refractivity (Wildman–Crippen MR) is 109 cm³/mol. The number of nitrogens with two attached hydrogens (primary N) is 1. The summed E-state index contributed by atoms with van der Waals surface area (Å²) in [6.45, 7) is 2.71. The summed E-state index contributed by atoms with van der Waals surface area (Å²) < 4.78 is 0. The molecule has 0 aromatic heterocycles. The molecule has 6 heteroatoms. The first-order chi connectivity index (χ1) is 10.1. The minimum atomic E-state index is 0. The van der Waals surface area contributed by atoms with Crippen LogP contribution in [0.4, 0.5) is 5.69 Å². The molecule has 0 bridgehead atoms. The van der Waals surface area contributed by atoms with Crippen LogP contribution in [0.2, 0.25) is 5.02 Å². The van der Waals surface area contributed by atoms with Gasteiger partial charge in [-0.1, -0.05) is 23.7 Å². The van der Waals surface area contributed by atoms with E-state index in [1.54, 1.807) is 11.8 Å². The highest BCUT2D eigenvalue weighted by molar-refractivity contribution is 14.0. The van der Waals surface area contributed by atoms with Gasteiger partial charge in [-0.15, -0.1) is 35.7 Å². The molecule has 2 rings (SSSR count). The summed E-state index contributed by atoms with van der Waals surface area (Å²) in [7, 11) is 0. The maximum Gasteiger partial charge on any atom is 0.193 e. The number of nitrogens with one attached hydrogen (secondary N) is 1. The Morgan fingerprint density at radius 1 is 1.23 bits per heavy atom. The Labute approximate surface area is 157 Å². The highest BCUT2D eigenvalue weighted by Crippen LogP contribution is 2.19. The number of hydrogen-bond donors (Lipinski definition) is 2. The third kappa shape index (κ3) is 6.89. The van der Waals surface area contributed by atoms with E-state index < -0.39 is 0 Å². The van der Waals surface area contributed by atoms with Crippen molar-refractivity contribution in [2.75, 3.05) is 17.6 Å². The van der Waals surface area contributed by atoms with Crippen molar-refractivity contribution in [3.8, 4) is 0 Å². The van der Waals surface area contributed by atoms with Gasteiger partial charge in [0.2, 0.25) is 0 Å². The summed E-state index contributed by atoms with van der Waals surface area (Å²) in [4.78, 5) is 5.50. The number of aliphatic imine (C=N–C) groups is 1. The lowest BCUT2D eigenvalue weighted by Gasteiger charge is -2.06. The Bertz CT molecular complexity index is 617. The molecule has 2 aromatic rings. The highest BCUT2D eigenvalue weighted by Gasteiger charge is 1.96. The van der Waals surface area contributed by atoms with Gasteiger partial charge in [-0.05, 0) is 48.9 Å². The van der Waals surface area contributed by atoms with E-state index in [4.69, 9.17) is 17.3 Å². The lowest BCUT2D eigenvalue weighted by molar-refractivity contribution is 1.13. The lowest BCUT2D eigenvalue weighted by atomic mass is 10.2. The first kappa shape index (κ1) is 19.1. The van der Waals surface area contributed by atoms with Gasteiger partial charge in [0, 0.05) is 21.4 Å². The number of nitrogens with zero attached hydrogens (tertiary/aromatic N) is 1. The molecule has 0 radical (unpaired) electrons. The second-order valence-electron chi connectivity index (χ2n) is 4.56. The van der Waals surface area contributed by atoms with Gasteiger partial charge >= 0.3 is 0 Å². The molecule has 0 unspecified atom stereocenters. The zero-order valence-corrected chi connectivity index (χ0v) is 16.2. The average molecular weight is 448 g/mol. The first-order valence-corrected chi connectivity index (χ1v) is 8.02. The number of aryl methyl sites for hydroxylation is 1. The van der Waals surface area contributed by atoms with Crippen LogP contribution < -0.4 is 11.1 Å². The molecule has 0 saturated carbocycles. The zero-order chi connectivity index (χ0) is 15.1. The van der Waals surface area contributed by atoms with Gasteiger partial charge in [0.25, 0.3) is 0 Å². The van der Waals surface area contributed by atoms with Gasteiger partial charge in [-0.25, -0.2) is 0 Å². The van der Waals surface area contributed by atoms with Crippen LogP contribution in [0.15, 0.2) is 58.4 Å². The molecule has 0 amide bonds. The topological polar surface area (TPSA) is 50.4 Å². The Kier molecular flexibility index (Phi) is 8.67. The zero-order valence-electron chi connectivity index (χ0n) is 12.3. The molecule has 118 valence electrons. The molecule has 0 atom stereocenters. The number of rotatable bonds is 5. The number of guanidine groups is 1. The summed E-state index contributed by atoms with van der Waals surface area (Å²) in [5.74, 6) is 1.31. The molecular formula is C16H19ClIN3S. The second kappa shape index (κ2) is 9.97. The number of thioether (sulfide) groups is 1. The van der Waals surface area contributed by atoms with Crippen LogP contribution in [-0.4, -0.2) is 18.3 Å². The fraction of sp³-hybridized carbons (Fsp3) is 0.188. The monoisotopic (exact) mass is 447 g/mol. The Balaban J connectivity index is 0.00000242. The van der Waals surface area contributed by atoms with E-state index in [1.807, 2.05) is 55.5 Å². The number of halogens is 2. The smallest absolute Gasteiger partial charge is 0.193 e. The van der Waals surface area contributed by atoms with Crippen LogP contribution in [0.1, 0.15) is 5.56 Å². The van der Waals surface area contributed by atoms with Crippen molar-refractivity contribution in [2.45, 2.75) is 11.8 Å². The third-order valence-electron chi connectivity index (χ3n) is 2.75. The Morgan fingerprint density at radius 3 is 2.64 bits per heavy atom. The van der Waals surface area contributed by atoms with Crippen molar-refractivity contribution < 1.29 is 0 Å². The van der Waals surface area contributed by atoms with Crippen molar-refractivity contribution in [2.24, 2.45) is 10.7 Å². The quantitative estimate of drug-likeness (QED) is 0.228. The van der Waals surface area contributed by atoms with Crippen molar-refractivity contribution in [3.63, 3.8) is 0 Å². The van der Waals surface area contributed by atoms with Crippen LogP contribution in [0.3, 0.4) is 0 Å². The number of anilines is 1. The SMILES string of the molecule is Cc1cccc(NC(N)=NCCSc2ccc(Cl)cc2)c1.I. The maximum atomic E-state index is 5.87. The molecule has 0 saturated heterocycles. The van der Waals surface area contributed by atoms with E-state index in [0.29, 0.717) is 12.5 Å². The summed E-state index contributed by atoms with van der Waals surface area (Å²) in [6.07, 6.45) is 0. The van der Waals surface area contributed by atoms with Crippen molar-refractivity contribution in [1.29, 1.82) is 0 Å². The minimum Gasteiger partial charge on any atom is -0.370 e. The number of hydrogen-bond acceptors (Lipinski definition) is 2. The van der Waals surface area contributed by atoms with Gasteiger partial charge in [-0.3, -0.25) is 4.99 Å². The molecule has 22 heavy (non-hydrogen) atoms. The van der Waals surface area contributed by atoms with Crippen LogP contribution in [0.25, 0.3) is 0 Å². The standard InChI is InChI=1S/C16H18ClN3S.HI/c1-12-3-2-4-14(11-12)20-16(18)19-9-10-21-15-7-5-13(17)6-8-15;/h2-8,11H,9-10H2,1H3,(H3,18,19,20);1H. The second-order valence-corrected chi connectivity index (χ2v) is 6.17. The summed E-state index contributed by atoms with van der Waals surface area (Å²) in [5, 5.41) is 3.84.